The molecule has 1 aromatic heterocycles. The van der Waals surface area contributed by atoms with E-state index in [9.17, 15) is 0 Å². The van der Waals surface area contributed by atoms with Gasteiger partial charge in [0.15, 0.2) is 0 Å². The average molecular weight is 706 g/mol. The van der Waals surface area contributed by atoms with Crippen LogP contribution in [0.1, 0.15) is 138 Å². The Morgan fingerprint density at radius 2 is 1.00 bits per heavy atom. The first-order valence-electron chi connectivity index (χ1n) is 19.5. The summed E-state index contributed by atoms with van der Waals surface area (Å²) >= 11 is 0. The highest BCUT2D eigenvalue weighted by Crippen LogP contribution is 2.47. The number of anilines is 6. The van der Waals surface area contributed by atoms with Crippen molar-refractivity contribution in [3.63, 3.8) is 0 Å². The minimum atomic E-state index is -0.274. The molecule has 53 heavy (non-hydrogen) atoms. The van der Waals surface area contributed by atoms with Crippen LogP contribution in [0.15, 0.2) is 77.2 Å². The summed E-state index contributed by atoms with van der Waals surface area (Å²) in [6.45, 7) is 36.3. The van der Waals surface area contributed by atoms with Crippen LogP contribution < -0.4 is 26.3 Å². The van der Waals surface area contributed by atoms with Gasteiger partial charge in [0.1, 0.15) is 0 Å². The summed E-state index contributed by atoms with van der Waals surface area (Å²) in [6.07, 6.45) is 0. The number of rotatable bonds is 2. The first-order valence-corrected chi connectivity index (χ1v) is 19.5. The highest BCUT2D eigenvalue weighted by atomic mass is 16.4. The van der Waals surface area contributed by atoms with Crippen LogP contribution in [0.2, 0.25) is 0 Å². The fourth-order valence-electron chi connectivity index (χ4n) is 7.80. The minimum Gasteiger partial charge on any atom is -0.424 e. The summed E-state index contributed by atoms with van der Waals surface area (Å²) in [5.74, 6) is 1.58. The summed E-state index contributed by atoms with van der Waals surface area (Å²) in [7, 11) is 0. The van der Waals surface area contributed by atoms with Crippen molar-refractivity contribution in [2.75, 3.05) is 9.80 Å². The maximum atomic E-state index is 7.05. The van der Waals surface area contributed by atoms with E-state index in [0.717, 1.165) is 34.4 Å². The second-order valence-corrected chi connectivity index (χ2v) is 20.9. The van der Waals surface area contributed by atoms with Crippen LogP contribution in [0.4, 0.5) is 34.3 Å². The molecule has 7 rings (SSSR count). The van der Waals surface area contributed by atoms with Gasteiger partial charge in [-0.25, -0.2) is 4.98 Å². The monoisotopic (exact) mass is 705 g/mol. The van der Waals surface area contributed by atoms with Crippen LogP contribution >= 0.6 is 0 Å². The Morgan fingerprint density at radius 3 is 1.51 bits per heavy atom. The Balaban J connectivity index is 1.60. The molecule has 0 aliphatic carbocycles. The van der Waals surface area contributed by atoms with Gasteiger partial charge in [-0.1, -0.05) is 134 Å². The molecule has 276 valence electrons. The lowest BCUT2D eigenvalue weighted by molar-refractivity contribution is 0.397. The molecule has 0 radical (unpaired) electrons. The van der Waals surface area contributed by atoms with Crippen molar-refractivity contribution in [1.29, 1.82) is 0 Å². The molecule has 4 aromatic carbocycles. The van der Waals surface area contributed by atoms with Gasteiger partial charge in [0.2, 0.25) is 11.8 Å². The molecule has 0 fully saturated rings. The molecule has 0 N–H and O–H groups in total. The smallest absolute Gasteiger partial charge is 0.279 e. The highest BCUT2D eigenvalue weighted by molar-refractivity contribution is 6.99. The number of fused-ring (bicyclic) bond motifs is 4. The topological polar surface area (TPSA) is 32.5 Å². The van der Waals surface area contributed by atoms with E-state index < -0.39 is 0 Å². The van der Waals surface area contributed by atoms with Crippen LogP contribution in [0.25, 0.3) is 0 Å². The zero-order chi connectivity index (χ0) is 38.8. The fourth-order valence-corrected chi connectivity index (χ4v) is 7.80. The fraction of sp³-hybridized carbons (Fsp3) is 0.438. The molecule has 0 saturated heterocycles. The predicted molar refractivity (Wildman–Crippen MR) is 229 cm³/mol. The minimum absolute atomic E-state index is 0.0225. The zero-order valence-corrected chi connectivity index (χ0v) is 35.3. The van der Waals surface area contributed by atoms with E-state index in [1.807, 2.05) is 0 Å². The maximum Gasteiger partial charge on any atom is 0.279 e. The molecule has 2 aliphatic rings. The number of hydrogen-bond acceptors (Lipinski definition) is 4. The summed E-state index contributed by atoms with van der Waals surface area (Å²) < 4.78 is 7.05. The van der Waals surface area contributed by atoms with Crippen LogP contribution in [-0.2, 0) is 27.1 Å². The third-order valence-electron chi connectivity index (χ3n) is 11.1. The zero-order valence-electron chi connectivity index (χ0n) is 35.3. The van der Waals surface area contributed by atoms with Gasteiger partial charge in [-0.05, 0) is 110 Å². The first kappa shape index (κ1) is 37.1. The Hall–Kier alpha value is -4.25. The SMILES string of the molecule is Cc1cc2c3c(c1)N(c1cc(C(C)(C)C)cc(C(C)(C)C)c1)c1oc(C(C)(C)C)nc1B3c1cc(C(C)(C)C)ccc1N2c1ccc(C(C)(C)C)cc1. The van der Waals surface area contributed by atoms with Gasteiger partial charge in [-0.3, -0.25) is 4.90 Å². The molecule has 0 bridgehead atoms. The number of benzene rings is 4. The third-order valence-corrected chi connectivity index (χ3v) is 11.1. The molecular weight excluding hydrogens is 645 g/mol. The predicted octanol–water partition coefficient (Wildman–Crippen LogP) is 11.6. The summed E-state index contributed by atoms with van der Waals surface area (Å²) in [6, 6.07) is 28.2. The van der Waals surface area contributed by atoms with Crippen molar-refractivity contribution in [1.82, 2.24) is 4.98 Å². The van der Waals surface area contributed by atoms with Gasteiger partial charge in [-0.15, -0.1) is 0 Å². The van der Waals surface area contributed by atoms with Crippen molar-refractivity contribution < 1.29 is 4.42 Å². The molecule has 0 unspecified atom stereocenters. The molecular formula is C48H60BN3O. The van der Waals surface area contributed by atoms with E-state index in [1.54, 1.807) is 0 Å². The molecule has 0 saturated carbocycles. The van der Waals surface area contributed by atoms with Gasteiger partial charge in [0, 0.05) is 33.9 Å². The normalized spacial score (nSPS) is 14.7. The number of nitrogens with zero attached hydrogens (tertiary/aromatic N) is 3. The lowest BCUT2D eigenvalue weighted by Crippen LogP contribution is -2.62. The van der Waals surface area contributed by atoms with E-state index in [4.69, 9.17) is 9.40 Å². The number of aromatic nitrogens is 1. The molecule has 0 amide bonds. The molecule has 3 heterocycles. The highest BCUT2D eigenvalue weighted by Gasteiger charge is 2.48. The second-order valence-electron chi connectivity index (χ2n) is 20.9. The first-order chi connectivity index (χ1) is 24.3. The van der Waals surface area contributed by atoms with Gasteiger partial charge >= 0.3 is 0 Å². The molecule has 4 nitrogen and oxygen atoms in total. The van der Waals surface area contributed by atoms with Crippen molar-refractivity contribution >= 4 is 57.6 Å². The van der Waals surface area contributed by atoms with Crippen molar-refractivity contribution in [3.8, 4) is 0 Å². The van der Waals surface area contributed by atoms with Gasteiger partial charge in [0.25, 0.3) is 6.71 Å². The Labute approximate surface area is 320 Å². The number of aryl methyl sites for hydroxylation is 1. The van der Waals surface area contributed by atoms with Crippen molar-refractivity contribution in [3.05, 3.63) is 107 Å². The summed E-state index contributed by atoms with van der Waals surface area (Å²) in [5, 5.41) is 0. The van der Waals surface area contributed by atoms with Crippen LogP contribution in [0, 0.1) is 6.92 Å². The van der Waals surface area contributed by atoms with Crippen molar-refractivity contribution in [2.45, 2.75) is 138 Å². The van der Waals surface area contributed by atoms with Crippen LogP contribution in [0.5, 0.6) is 0 Å². The molecule has 0 atom stereocenters. The standard InChI is InChI=1S/C48H60BN3O/c1-29-23-38-40-39(24-29)52(35-26-32(46(8,9)10)25-33(27-35)47(11,12)13)42-41(50-43(53-42)48(14,15)16)49(40)36-28-31(45(5,6)7)19-22-37(36)51(38)34-20-17-30(18-21-34)44(2,3)4/h17-28H,1-16H3. The molecule has 5 heteroatoms. The van der Waals surface area contributed by atoms with E-state index >= 15 is 0 Å². The van der Waals surface area contributed by atoms with Crippen LogP contribution in [0.3, 0.4) is 0 Å². The maximum absolute atomic E-state index is 7.05. The van der Waals surface area contributed by atoms with Gasteiger partial charge in [0.05, 0.1) is 5.59 Å². The van der Waals surface area contributed by atoms with Gasteiger partial charge < -0.3 is 9.32 Å². The van der Waals surface area contributed by atoms with E-state index in [-0.39, 0.29) is 33.8 Å². The van der Waals surface area contributed by atoms with E-state index in [1.165, 1.54) is 50.1 Å². The number of oxazole rings is 1. The largest absolute Gasteiger partial charge is 0.424 e. The van der Waals surface area contributed by atoms with Crippen LogP contribution in [-0.4, -0.2) is 11.7 Å². The molecule has 0 spiro atoms. The van der Waals surface area contributed by atoms with Crippen molar-refractivity contribution in [2.24, 2.45) is 0 Å². The second kappa shape index (κ2) is 11.9. The van der Waals surface area contributed by atoms with E-state index in [0.29, 0.717) is 0 Å². The Morgan fingerprint density at radius 1 is 0.491 bits per heavy atom. The third kappa shape index (κ3) is 6.42. The average Bonchev–Trinajstić information content (AvgIpc) is 3.48. The summed E-state index contributed by atoms with van der Waals surface area (Å²) in [5.41, 5.74) is 15.5. The Bertz CT molecular complexity index is 2190. The lowest BCUT2D eigenvalue weighted by atomic mass is 9.35. The quantitative estimate of drug-likeness (QED) is 0.168. The Kier molecular flexibility index (Phi) is 8.31. The summed E-state index contributed by atoms with van der Waals surface area (Å²) in [4.78, 5) is 10.4. The lowest BCUT2D eigenvalue weighted by Gasteiger charge is -2.43. The van der Waals surface area contributed by atoms with E-state index in [2.05, 4.69) is 193 Å². The number of hydrogen-bond donors (Lipinski definition) is 0. The molecule has 2 aliphatic heterocycles. The molecule has 5 aromatic rings. The van der Waals surface area contributed by atoms with Gasteiger partial charge in [-0.2, -0.15) is 0 Å².